The Hall–Kier alpha value is -3.87. The summed E-state index contributed by atoms with van der Waals surface area (Å²) in [7, 11) is 0. The Bertz CT molecular complexity index is 1770. The van der Waals surface area contributed by atoms with Gasteiger partial charge >= 0.3 is 0 Å². The van der Waals surface area contributed by atoms with E-state index in [-0.39, 0.29) is 11.7 Å². The van der Waals surface area contributed by atoms with Gasteiger partial charge in [0.15, 0.2) is 0 Å². The third kappa shape index (κ3) is 4.86. The second-order valence-corrected chi connectivity index (χ2v) is 10.8. The summed E-state index contributed by atoms with van der Waals surface area (Å²) in [6.07, 6.45) is 0.400. The van der Waals surface area contributed by atoms with Gasteiger partial charge in [-0.2, -0.15) is 5.10 Å². The van der Waals surface area contributed by atoms with E-state index in [9.17, 15) is 9.18 Å². The van der Waals surface area contributed by atoms with E-state index in [2.05, 4.69) is 15.9 Å². The topological polar surface area (TPSA) is 45.6 Å². The number of pyridine rings is 1. The fourth-order valence-electron chi connectivity index (χ4n) is 5.19. The first-order valence-electron chi connectivity index (χ1n) is 12.5. The highest BCUT2D eigenvalue weighted by atomic mass is 79.9. The fourth-order valence-corrected chi connectivity index (χ4v) is 5.76. The van der Waals surface area contributed by atoms with Crippen LogP contribution >= 0.6 is 27.5 Å². The molecule has 6 rings (SSSR count). The number of hydrazone groups is 1. The normalized spacial score (nSPS) is 15.0. The van der Waals surface area contributed by atoms with E-state index in [1.165, 1.54) is 17.1 Å². The van der Waals surface area contributed by atoms with E-state index in [0.29, 0.717) is 28.3 Å². The van der Waals surface area contributed by atoms with Crippen LogP contribution in [0.5, 0.6) is 0 Å². The Kier molecular flexibility index (Phi) is 6.75. The van der Waals surface area contributed by atoms with Crippen LogP contribution in [-0.2, 0) is 0 Å². The lowest BCUT2D eigenvalue weighted by molar-refractivity contribution is 0.0711. The molecule has 1 aromatic heterocycles. The van der Waals surface area contributed by atoms with Crippen molar-refractivity contribution in [3.63, 3.8) is 0 Å². The van der Waals surface area contributed by atoms with Crippen LogP contribution < -0.4 is 0 Å². The molecule has 1 amide bonds. The van der Waals surface area contributed by atoms with Crippen molar-refractivity contribution in [2.24, 2.45) is 5.10 Å². The maximum Gasteiger partial charge on any atom is 0.274 e. The molecule has 1 aliphatic rings. The first-order chi connectivity index (χ1) is 18.9. The Morgan fingerprint density at radius 3 is 2.51 bits per heavy atom. The van der Waals surface area contributed by atoms with Crippen LogP contribution in [0.1, 0.15) is 39.6 Å². The van der Waals surface area contributed by atoms with Crippen LogP contribution in [0.4, 0.5) is 4.39 Å². The number of benzene rings is 4. The number of hydrogen-bond acceptors (Lipinski definition) is 3. The van der Waals surface area contributed by atoms with Crippen molar-refractivity contribution < 1.29 is 9.18 Å². The minimum atomic E-state index is -0.486. The molecule has 0 aliphatic carbocycles. The summed E-state index contributed by atoms with van der Waals surface area (Å²) in [6.45, 7) is 1.95. The van der Waals surface area contributed by atoms with Gasteiger partial charge in [-0.25, -0.2) is 9.40 Å². The highest BCUT2D eigenvalue weighted by Gasteiger charge is 2.36. The van der Waals surface area contributed by atoms with E-state index in [4.69, 9.17) is 21.7 Å². The van der Waals surface area contributed by atoms with Crippen molar-refractivity contribution in [2.45, 2.75) is 19.4 Å². The summed E-state index contributed by atoms with van der Waals surface area (Å²) in [4.78, 5) is 18.7. The molecule has 0 unspecified atom stereocenters. The van der Waals surface area contributed by atoms with Crippen LogP contribution in [0.3, 0.4) is 0 Å². The number of carbonyl (C=O) groups excluding carboxylic acids is 1. The third-order valence-electron chi connectivity index (χ3n) is 6.90. The predicted octanol–water partition coefficient (Wildman–Crippen LogP) is 8.76. The summed E-state index contributed by atoms with van der Waals surface area (Å²) in [5.74, 6) is -0.629. The molecule has 4 aromatic carbocycles. The predicted molar refractivity (Wildman–Crippen MR) is 158 cm³/mol. The van der Waals surface area contributed by atoms with Gasteiger partial charge in [0, 0.05) is 43.7 Å². The molecule has 0 saturated carbocycles. The molecule has 0 N–H and O–H groups in total. The second-order valence-electron chi connectivity index (χ2n) is 9.46. The summed E-state index contributed by atoms with van der Waals surface area (Å²) < 4.78 is 15.1. The lowest BCUT2D eigenvalue weighted by atomic mass is 9.89. The molecule has 0 fully saturated rings. The van der Waals surface area contributed by atoms with E-state index >= 15 is 0 Å². The van der Waals surface area contributed by atoms with E-state index < -0.39 is 6.04 Å². The lowest BCUT2D eigenvalue weighted by Gasteiger charge is -2.22. The van der Waals surface area contributed by atoms with Crippen molar-refractivity contribution in [1.82, 2.24) is 9.99 Å². The minimum Gasteiger partial charge on any atom is -0.267 e. The standard InChI is InChI=1S/C32H22BrClFN3O/c1-19-30(31(20-7-3-2-4-8-20)26-17-24(34)13-14-27(26)36-19)28-18-29(21-9-6-12-25(35)16-21)38(37-28)32(39)22-10-5-11-23(33)15-22/h2-17,29H,18H2,1H3/t29-/m1/s1. The molecule has 0 radical (unpaired) electrons. The Morgan fingerprint density at radius 2 is 1.74 bits per heavy atom. The number of rotatable bonds is 4. The first kappa shape index (κ1) is 25.4. The van der Waals surface area contributed by atoms with Gasteiger partial charge in [-0.1, -0.05) is 76.1 Å². The molecule has 1 atom stereocenters. The Morgan fingerprint density at radius 1 is 0.949 bits per heavy atom. The number of nitrogens with zero attached hydrogens (tertiary/aromatic N) is 3. The summed E-state index contributed by atoms with van der Waals surface area (Å²) >= 11 is 9.90. The quantitative estimate of drug-likeness (QED) is 0.208. The van der Waals surface area contributed by atoms with Crippen molar-refractivity contribution in [2.75, 3.05) is 0 Å². The molecule has 2 heterocycles. The Labute approximate surface area is 238 Å². The van der Waals surface area contributed by atoms with Crippen molar-refractivity contribution in [1.29, 1.82) is 0 Å². The fraction of sp³-hybridized carbons (Fsp3) is 0.0938. The maximum absolute atomic E-state index is 14.3. The summed E-state index contributed by atoms with van der Waals surface area (Å²) in [5.41, 5.74) is 6.27. The van der Waals surface area contributed by atoms with Gasteiger partial charge < -0.3 is 0 Å². The molecule has 39 heavy (non-hydrogen) atoms. The van der Waals surface area contributed by atoms with Crippen LogP contribution in [0.15, 0.2) is 107 Å². The Balaban J connectivity index is 1.57. The number of fused-ring (bicyclic) bond motifs is 1. The average Bonchev–Trinajstić information content (AvgIpc) is 3.38. The molecule has 1 aliphatic heterocycles. The summed E-state index contributed by atoms with van der Waals surface area (Å²) in [6, 6.07) is 28.7. The zero-order valence-corrected chi connectivity index (χ0v) is 23.2. The van der Waals surface area contributed by atoms with Crippen LogP contribution in [0, 0.1) is 12.7 Å². The first-order valence-corrected chi connectivity index (χ1v) is 13.6. The molecule has 0 saturated heterocycles. The molecule has 7 heteroatoms. The van der Waals surface area contributed by atoms with Crippen molar-refractivity contribution >= 4 is 50.1 Å². The maximum atomic E-state index is 14.3. The van der Waals surface area contributed by atoms with Gasteiger partial charge in [-0.15, -0.1) is 0 Å². The van der Waals surface area contributed by atoms with E-state index in [0.717, 1.165) is 37.8 Å². The zero-order valence-electron chi connectivity index (χ0n) is 20.9. The summed E-state index contributed by atoms with van der Waals surface area (Å²) in [5, 5.41) is 7.90. The van der Waals surface area contributed by atoms with Gasteiger partial charge in [0.1, 0.15) is 5.82 Å². The SMILES string of the molecule is Cc1nc2ccc(Cl)cc2c(-c2ccccc2)c1C1=NN(C(=O)c2cccc(Br)c2)[C@@H](c2cccc(F)c2)C1. The molecular weight excluding hydrogens is 577 g/mol. The molecule has 0 spiro atoms. The van der Waals surface area contributed by atoms with Crippen LogP contribution in [0.25, 0.3) is 22.0 Å². The highest BCUT2D eigenvalue weighted by molar-refractivity contribution is 9.10. The monoisotopic (exact) mass is 597 g/mol. The number of aromatic nitrogens is 1. The number of aryl methyl sites for hydroxylation is 1. The smallest absolute Gasteiger partial charge is 0.267 e. The largest absolute Gasteiger partial charge is 0.274 e. The van der Waals surface area contributed by atoms with Gasteiger partial charge in [0.25, 0.3) is 5.91 Å². The van der Waals surface area contributed by atoms with E-state index in [1.807, 2.05) is 73.7 Å². The van der Waals surface area contributed by atoms with Crippen LogP contribution in [-0.4, -0.2) is 21.6 Å². The molecule has 4 nitrogen and oxygen atoms in total. The molecule has 192 valence electrons. The second kappa shape index (κ2) is 10.4. The third-order valence-corrected chi connectivity index (χ3v) is 7.63. The zero-order chi connectivity index (χ0) is 27.1. The van der Waals surface area contributed by atoms with Crippen molar-refractivity contribution in [3.8, 4) is 11.1 Å². The molecule has 0 bridgehead atoms. The number of carbonyl (C=O) groups is 1. The van der Waals surface area contributed by atoms with Crippen LogP contribution in [0.2, 0.25) is 5.02 Å². The van der Waals surface area contributed by atoms with Gasteiger partial charge in [0.05, 0.1) is 17.3 Å². The average molecular weight is 599 g/mol. The lowest BCUT2D eigenvalue weighted by Crippen LogP contribution is -2.27. The van der Waals surface area contributed by atoms with Gasteiger partial charge in [-0.05, 0) is 66.6 Å². The van der Waals surface area contributed by atoms with E-state index in [1.54, 1.807) is 18.2 Å². The number of hydrogen-bond donors (Lipinski definition) is 0. The number of halogens is 3. The van der Waals surface area contributed by atoms with Crippen molar-refractivity contribution in [3.05, 3.63) is 135 Å². The van der Waals surface area contributed by atoms with Gasteiger partial charge in [0.2, 0.25) is 0 Å². The molecular formula is C32H22BrClFN3O. The molecule has 5 aromatic rings. The highest BCUT2D eigenvalue weighted by Crippen LogP contribution is 2.40. The van der Waals surface area contributed by atoms with Gasteiger partial charge in [-0.3, -0.25) is 9.78 Å². The minimum absolute atomic E-state index is 0.267. The number of amides is 1.